The summed E-state index contributed by atoms with van der Waals surface area (Å²) >= 11 is 0. The zero-order valence-electron chi connectivity index (χ0n) is 19.4. The molecule has 1 unspecified atom stereocenters. The molecule has 0 spiro atoms. The summed E-state index contributed by atoms with van der Waals surface area (Å²) in [4.78, 5) is 25.2. The molecule has 0 saturated heterocycles. The van der Waals surface area contributed by atoms with Gasteiger partial charge in [-0.15, -0.1) is 0 Å². The van der Waals surface area contributed by atoms with Crippen LogP contribution in [0.15, 0.2) is 0 Å². The SMILES string of the molecule is CC[C@H](C)[C@@H]([C@@H](CC(O)NCCCCCCC(N)=O)OC)N(C)C(=O)CC(C)C. The number of carbonyl (C=O) groups excluding carboxylic acids is 2. The van der Waals surface area contributed by atoms with E-state index < -0.39 is 6.23 Å². The third-order valence-corrected chi connectivity index (χ3v) is 5.52. The number of nitrogens with two attached hydrogens (primary N) is 1. The summed E-state index contributed by atoms with van der Waals surface area (Å²) in [6.07, 6.45) is 5.05. The minimum Gasteiger partial charge on any atom is -0.379 e. The van der Waals surface area contributed by atoms with Crippen LogP contribution in [-0.2, 0) is 14.3 Å². The van der Waals surface area contributed by atoms with Gasteiger partial charge in [0.05, 0.1) is 12.1 Å². The van der Waals surface area contributed by atoms with Crippen molar-refractivity contribution in [2.24, 2.45) is 17.6 Å². The van der Waals surface area contributed by atoms with Gasteiger partial charge < -0.3 is 20.5 Å². The molecule has 4 atom stereocenters. The normalized spacial score (nSPS) is 15.7. The quantitative estimate of drug-likeness (QED) is 0.250. The lowest BCUT2D eigenvalue weighted by Crippen LogP contribution is -2.51. The number of likely N-dealkylation sites (N-methyl/N-ethyl adjacent to an activating group) is 1. The van der Waals surface area contributed by atoms with Crippen molar-refractivity contribution < 1.29 is 19.4 Å². The summed E-state index contributed by atoms with van der Waals surface area (Å²) < 4.78 is 5.73. The molecular formula is C22H45N3O4. The Morgan fingerprint density at radius 2 is 1.76 bits per heavy atom. The van der Waals surface area contributed by atoms with E-state index in [1.165, 1.54) is 0 Å². The summed E-state index contributed by atoms with van der Waals surface area (Å²) in [7, 11) is 3.49. The molecule has 0 fully saturated rings. The van der Waals surface area contributed by atoms with Crippen molar-refractivity contribution in [2.45, 2.75) is 97.4 Å². The highest BCUT2D eigenvalue weighted by Crippen LogP contribution is 2.23. The molecule has 2 amide bonds. The lowest BCUT2D eigenvalue weighted by atomic mass is 9.90. The van der Waals surface area contributed by atoms with Gasteiger partial charge >= 0.3 is 0 Å². The molecule has 0 radical (unpaired) electrons. The van der Waals surface area contributed by atoms with Crippen LogP contribution in [0, 0.1) is 11.8 Å². The minimum absolute atomic E-state index is 0.0819. The zero-order valence-corrected chi connectivity index (χ0v) is 19.4. The first kappa shape index (κ1) is 27.8. The van der Waals surface area contributed by atoms with E-state index in [2.05, 4.69) is 19.2 Å². The molecule has 0 rings (SSSR count). The van der Waals surface area contributed by atoms with Crippen LogP contribution in [-0.4, -0.2) is 60.9 Å². The molecule has 0 aromatic carbocycles. The van der Waals surface area contributed by atoms with Crippen LogP contribution in [0.4, 0.5) is 0 Å². The van der Waals surface area contributed by atoms with E-state index in [0.717, 1.165) is 32.1 Å². The minimum atomic E-state index is -0.689. The van der Waals surface area contributed by atoms with Gasteiger partial charge in [0.1, 0.15) is 6.23 Å². The van der Waals surface area contributed by atoms with Crippen molar-refractivity contribution >= 4 is 11.8 Å². The predicted octanol–water partition coefficient (Wildman–Crippen LogP) is 2.65. The third-order valence-electron chi connectivity index (χ3n) is 5.52. The largest absolute Gasteiger partial charge is 0.379 e. The standard InChI is InChI=1S/C22H45N3O4/c1-7-17(4)22(25(5)21(28)14-16(2)3)18(29-6)15-20(27)24-13-11-9-8-10-12-19(23)26/h16-18,20,22,24,27H,7-15H2,1-6H3,(H2,23,26)/t17-,18+,20?,22-/m0/s1. The van der Waals surface area contributed by atoms with Gasteiger partial charge in [-0.3, -0.25) is 14.9 Å². The van der Waals surface area contributed by atoms with Gasteiger partial charge in [0, 0.05) is 33.4 Å². The van der Waals surface area contributed by atoms with Crippen molar-refractivity contribution in [1.82, 2.24) is 10.2 Å². The molecule has 7 nitrogen and oxygen atoms in total. The number of unbranched alkanes of at least 4 members (excludes halogenated alkanes) is 3. The number of amides is 2. The van der Waals surface area contributed by atoms with Gasteiger partial charge in [0.25, 0.3) is 0 Å². The molecule has 0 aliphatic rings. The highest BCUT2D eigenvalue weighted by molar-refractivity contribution is 5.76. The van der Waals surface area contributed by atoms with Crippen LogP contribution in [0.1, 0.15) is 79.1 Å². The van der Waals surface area contributed by atoms with Crippen molar-refractivity contribution in [1.29, 1.82) is 0 Å². The van der Waals surface area contributed by atoms with E-state index in [1.807, 2.05) is 25.8 Å². The van der Waals surface area contributed by atoms with Crippen molar-refractivity contribution in [3.63, 3.8) is 0 Å². The zero-order chi connectivity index (χ0) is 22.4. The van der Waals surface area contributed by atoms with Crippen LogP contribution in [0.5, 0.6) is 0 Å². The Hall–Kier alpha value is -1.18. The maximum atomic E-state index is 12.6. The molecule has 0 aromatic rings. The molecule has 0 heterocycles. The van der Waals surface area contributed by atoms with Crippen molar-refractivity contribution in [2.75, 3.05) is 20.7 Å². The number of hydrogen-bond donors (Lipinski definition) is 3. The number of methoxy groups -OCH3 is 1. The van der Waals surface area contributed by atoms with E-state index in [0.29, 0.717) is 31.7 Å². The number of carbonyl (C=O) groups is 2. The van der Waals surface area contributed by atoms with E-state index in [9.17, 15) is 14.7 Å². The van der Waals surface area contributed by atoms with E-state index in [-0.39, 0.29) is 29.9 Å². The van der Waals surface area contributed by atoms with E-state index >= 15 is 0 Å². The van der Waals surface area contributed by atoms with Crippen molar-refractivity contribution in [3.05, 3.63) is 0 Å². The number of rotatable bonds is 17. The van der Waals surface area contributed by atoms with E-state index in [1.54, 1.807) is 7.11 Å². The molecule has 0 bridgehead atoms. The van der Waals surface area contributed by atoms with Crippen LogP contribution >= 0.6 is 0 Å². The molecule has 29 heavy (non-hydrogen) atoms. The molecule has 0 aliphatic carbocycles. The van der Waals surface area contributed by atoms with Crippen molar-refractivity contribution in [3.8, 4) is 0 Å². The Balaban J connectivity index is 4.62. The van der Waals surface area contributed by atoms with Gasteiger partial charge in [-0.05, 0) is 31.2 Å². The average molecular weight is 416 g/mol. The van der Waals surface area contributed by atoms with E-state index in [4.69, 9.17) is 10.5 Å². The first-order chi connectivity index (χ1) is 13.6. The lowest BCUT2D eigenvalue weighted by molar-refractivity contribution is -0.138. The molecular weight excluding hydrogens is 370 g/mol. The Morgan fingerprint density at radius 1 is 1.14 bits per heavy atom. The van der Waals surface area contributed by atoms with Crippen LogP contribution in [0.2, 0.25) is 0 Å². The summed E-state index contributed by atoms with van der Waals surface area (Å²) in [6, 6.07) is -0.0819. The number of aliphatic hydroxyl groups excluding tert-OH is 1. The van der Waals surface area contributed by atoms with Gasteiger partial charge in [-0.2, -0.15) is 0 Å². The number of primary amides is 1. The Morgan fingerprint density at radius 3 is 2.28 bits per heavy atom. The Bertz CT molecular complexity index is 459. The molecule has 0 aromatic heterocycles. The second-order valence-electron chi connectivity index (χ2n) is 8.59. The number of nitrogens with one attached hydrogen (secondary N) is 1. The third kappa shape index (κ3) is 12.2. The fourth-order valence-corrected chi connectivity index (χ4v) is 3.62. The highest BCUT2D eigenvalue weighted by atomic mass is 16.5. The fourth-order valence-electron chi connectivity index (χ4n) is 3.62. The molecule has 4 N–H and O–H groups in total. The Labute approximate surface area is 177 Å². The lowest BCUT2D eigenvalue weighted by Gasteiger charge is -2.39. The first-order valence-corrected chi connectivity index (χ1v) is 11.1. The maximum absolute atomic E-state index is 12.6. The molecule has 0 saturated carbocycles. The average Bonchev–Trinajstić information content (AvgIpc) is 2.65. The van der Waals surface area contributed by atoms with Gasteiger partial charge in [0.2, 0.25) is 11.8 Å². The first-order valence-electron chi connectivity index (χ1n) is 11.1. The number of nitrogens with zero attached hydrogens (tertiary/aromatic N) is 1. The summed E-state index contributed by atoms with van der Waals surface area (Å²) in [6.45, 7) is 9.02. The fraction of sp³-hybridized carbons (Fsp3) is 0.909. The predicted molar refractivity (Wildman–Crippen MR) is 117 cm³/mol. The van der Waals surface area contributed by atoms with Crippen LogP contribution < -0.4 is 11.1 Å². The number of aliphatic hydroxyl groups is 1. The molecule has 7 heteroatoms. The second kappa shape index (κ2) is 15.6. The summed E-state index contributed by atoms with van der Waals surface area (Å²) in [5.74, 6) is 0.430. The van der Waals surface area contributed by atoms with Gasteiger partial charge in [-0.1, -0.05) is 47.0 Å². The van der Waals surface area contributed by atoms with Gasteiger partial charge in [0.15, 0.2) is 0 Å². The van der Waals surface area contributed by atoms with Crippen LogP contribution in [0.25, 0.3) is 0 Å². The second-order valence-corrected chi connectivity index (χ2v) is 8.59. The van der Waals surface area contributed by atoms with Gasteiger partial charge in [-0.25, -0.2) is 0 Å². The maximum Gasteiger partial charge on any atom is 0.222 e. The monoisotopic (exact) mass is 415 g/mol. The smallest absolute Gasteiger partial charge is 0.222 e. The Kier molecular flexibility index (Phi) is 15.0. The highest BCUT2D eigenvalue weighted by Gasteiger charge is 2.33. The molecule has 0 aliphatic heterocycles. The van der Waals surface area contributed by atoms with Crippen LogP contribution in [0.3, 0.4) is 0 Å². The summed E-state index contributed by atoms with van der Waals surface area (Å²) in [5, 5.41) is 13.6. The topological polar surface area (TPSA) is 105 Å². The summed E-state index contributed by atoms with van der Waals surface area (Å²) in [5.41, 5.74) is 5.13. The molecule has 172 valence electrons. The number of ether oxygens (including phenoxy) is 1. The number of hydrogen-bond acceptors (Lipinski definition) is 5.